The lowest BCUT2D eigenvalue weighted by atomic mass is 9.98. The Labute approximate surface area is 110 Å². The molecule has 0 unspecified atom stereocenters. The third-order valence-corrected chi connectivity index (χ3v) is 3.55. The standard InChI is InChI=1S/C14H18F3NO/c15-14(16,17)13-5-3-11(4-6-13)8-18-7-1-2-12(9-18)10-19/h3-6,12,19H,1-2,7-10H2/t12-/m0/s1. The van der Waals surface area contributed by atoms with Crippen molar-refractivity contribution < 1.29 is 18.3 Å². The minimum atomic E-state index is -4.27. The van der Waals surface area contributed by atoms with Crippen molar-refractivity contribution in [2.45, 2.75) is 25.6 Å². The Morgan fingerprint density at radius 2 is 1.89 bits per heavy atom. The van der Waals surface area contributed by atoms with Crippen molar-refractivity contribution in [2.24, 2.45) is 5.92 Å². The molecule has 1 fully saturated rings. The van der Waals surface area contributed by atoms with Crippen molar-refractivity contribution in [3.63, 3.8) is 0 Å². The second-order valence-electron chi connectivity index (χ2n) is 5.12. The van der Waals surface area contributed by atoms with E-state index in [0.717, 1.165) is 43.6 Å². The summed E-state index contributed by atoms with van der Waals surface area (Å²) in [6.07, 6.45) is -2.21. The highest BCUT2D eigenvalue weighted by atomic mass is 19.4. The largest absolute Gasteiger partial charge is 0.416 e. The van der Waals surface area contributed by atoms with Gasteiger partial charge in [-0.25, -0.2) is 0 Å². The molecule has 1 heterocycles. The van der Waals surface area contributed by atoms with E-state index >= 15 is 0 Å². The van der Waals surface area contributed by atoms with Gasteiger partial charge in [0.1, 0.15) is 0 Å². The van der Waals surface area contributed by atoms with Crippen molar-refractivity contribution in [1.82, 2.24) is 4.90 Å². The second-order valence-corrected chi connectivity index (χ2v) is 5.12. The van der Waals surface area contributed by atoms with E-state index in [1.54, 1.807) is 0 Å². The number of hydrogen-bond acceptors (Lipinski definition) is 2. The highest BCUT2D eigenvalue weighted by Gasteiger charge is 2.30. The predicted molar refractivity (Wildman–Crippen MR) is 66.5 cm³/mol. The fraction of sp³-hybridized carbons (Fsp3) is 0.571. The van der Waals surface area contributed by atoms with Gasteiger partial charge in [0.25, 0.3) is 0 Å². The number of benzene rings is 1. The highest BCUT2D eigenvalue weighted by molar-refractivity contribution is 5.24. The van der Waals surface area contributed by atoms with Crippen LogP contribution in [0.15, 0.2) is 24.3 Å². The maximum atomic E-state index is 12.4. The molecule has 5 heteroatoms. The van der Waals surface area contributed by atoms with Crippen molar-refractivity contribution in [3.05, 3.63) is 35.4 Å². The first-order valence-electron chi connectivity index (χ1n) is 6.48. The van der Waals surface area contributed by atoms with Crippen molar-refractivity contribution in [2.75, 3.05) is 19.7 Å². The number of aliphatic hydroxyl groups is 1. The molecule has 19 heavy (non-hydrogen) atoms. The Morgan fingerprint density at radius 3 is 2.47 bits per heavy atom. The molecule has 1 aliphatic rings. The van der Waals surface area contributed by atoms with Crippen LogP contribution in [0.2, 0.25) is 0 Å². The third-order valence-electron chi connectivity index (χ3n) is 3.55. The normalized spacial score (nSPS) is 21.6. The Bertz CT molecular complexity index is 402. The van der Waals surface area contributed by atoms with Gasteiger partial charge in [-0.05, 0) is 43.0 Å². The van der Waals surface area contributed by atoms with E-state index < -0.39 is 11.7 Å². The fourth-order valence-corrected chi connectivity index (χ4v) is 2.50. The van der Waals surface area contributed by atoms with Crippen molar-refractivity contribution >= 4 is 0 Å². The van der Waals surface area contributed by atoms with E-state index in [1.165, 1.54) is 12.1 Å². The maximum absolute atomic E-state index is 12.4. The summed E-state index contributed by atoms with van der Waals surface area (Å²) in [5.41, 5.74) is 0.273. The summed E-state index contributed by atoms with van der Waals surface area (Å²) in [4.78, 5) is 2.19. The lowest BCUT2D eigenvalue weighted by Crippen LogP contribution is -2.36. The topological polar surface area (TPSA) is 23.5 Å². The minimum absolute atomic E-state index is 0.184. The zero-order chi connectivity index (χ0) is 13.9. The molecule has 0 aromatic heterocycles. The van der Waals surface area contributed by atoms with E-state index in [-0.39, 0.29) is 6.61 Å². The van der Waals surface area contributed by atoms with Crippen LogP contribution in [0.1, 0.15) is 24.0 Å². The Balaban J connectivity index is 1.96. The highest BCUT2D eigenvalue weighted by Crippen LogP contribution is 2.29. The van der Waals surface area contributed by atoms with Gasteiger partial charge in [0.15, 0.2) is 0 Å². The second kappa shape index (κ2) is 5.92. The van der Waals surface area contributed by atoms with Crippen LogP contribution in [0.5, 0.6) is 0 Å². The smallest absolute Gasteiger partial charge is 0.396 e. The summed E-state index contributed by atoms with van der Waals surface area (Å²) >= 11 is 0. The maximum Gasteiger partial charge on any atom is 0.416 e. The summed E-state index contributed by atoms with van der Waals surface area (Å²) in [5.74, 6) is 0.295. The summed E-state index contributed by atoms with van der Waals surface area (Å²) in [6, 6.07) is 5.32. The SMILES string of the molecule is OC[C@H]1CCCN(Cc2ccc(C(F)(F)F)cc2)C1. The molecule has 0 saturated carbocycles. The number of alkyl halides is 3. The van der Waals surface area contributed by atoms with Gasteiger partial charge in [-0.2, -0.15) is 13.2 Å². The molecule has 0 spiro atoms. The van der Waals surface area contributed by atoms with Gasteiger partial charge in [-0.1, -0.05) is 12.1 Å². The average molecular weight is 273 g/mol. The molecule has 0 amide bonds. The molecule has 1 aliphatic heterocycles. The first-order chi connectivity index (χ1) is 8.99. The van der Waals surface area contributed by atoms with Crippen LogP contribution in [0, 0.1) is 5.92 Å². The van der Waals surface area contributed by atoms with Crippen LogP contribution < -0.4 is 0 Å². The molecule has 106 valence electrons. The van der Waals surface area contributed by atoms with Crippen LogP contribution in [0.25, 0.3) is 0 Å². The molecule has 0 bridgehead atoms. The van der Waals surface area contributed by atoms with E-state index in [1.807, 2.05) is 0 Å². The lowest BCUT2D eigenvalue weighted by molar-refractivity contribution is -0.137. The van der Waals surface area contributed by atoms with E-state index in [2.05, 4.69) is 4.90 Å². The molecule has 1 aromatic rings. The van der Waals surface area contributed by atoms with E-state index in [4.69, 9.17) is 5.11 Å². The number of rotatable bonds is 3. The average Bonchev–Trinajstić information content (AvgIpc) is 2.38. The number of halogens is 3. The summed E-state index contributed by atoms with van der Waals surface area (Å²) in [5, 5.41) is 9.15. The molecular weight excluding hydrogens is 255 g/mol. The molecule has 1 N–H and O–H groups in total. The summed E-state index contributed by atoms with van der Waals surface area (Å²) < 4.78 is 37.3. The summed E-state index contributed by atoms with van der Waals surface area (Å²) in [6.45, 7) is 2.59. The lowest BCUT2D eigenvalue weighted by Gasteiger charge is -2.31. The molecule has 1 atom stereocenters. The Kier molecular flexibility index (Phi) is 4.47. The van der Waals surface area contributed by atoms with Gasteiger partial charge in [0.05, 0.1) is 5.56 Å². The van der Waals surface area contributed by atoms with Crippen LogP contribution in [0.3, 0.4) is 0 Å². The van der Waals surface area contributed by atoms with Gasteiger partial charge in [0, 0.05) is 19.7 Å². The van der Waals surface area contributed by atoms with Gasteiger partial charge in [0.2, 0.25) is 0 Å². The first-order valence-corrected chi connectivity index (χ1v) is 6.48. The minimum Gasteiger partial charge on any atom is -0.396 e. The van der Waals surface area contributed by atoms with Gasteiger partial charge >= 0.3 is 6.18 Å². The number of aliphatic hydroxyl groups excluding tert-OH is 1. The number of piperidine rings is 1. The first kappa shape index (κ1) is 14.3. The Hall–Kier alpha value is -1.07. The monoisotopic (exact) mass is 273 g/mol. The fourth-order valence-electron chi connectivity index (χ4n) is 2.50. The number of hydrogen-bond donors (Lipinski definition) is 1. The van der Waals surface area contributed by atoms with E-state index in [0.29, 0.717) is 12.5 Å². The third kappa shape index (κ3) is 3.94. The van der Waals surface area contributed by atoms with Crippen LogP contribution in [0.4, 0.5) is 13.2 Å². The van der Waals surface area contributed by atoms with Gasteiger partial charge < -0.3 is 5.11 Å². The van der Waals surface area contributed by atoms with Gasteiger partial charge in [-0.3, -0.25) is 4.90 Å². The molecule has 0 radical (unpaired) electrons. The van der Waals surface area contributed by atoms with Crippen LogP contribution >= 0.6 is 0 Å². The van der Waals surface area contributed by atoms with Gasteiger partial charge in [-0.15, -0.1) is 0 Å². The Morgan fingerprint density at radius 1 is 1.21 bits per heavy atom. The molecule has 0 aliphatic carbocycles. The zero-order valence-electron chi connectivity index (χ0n) is 10.7. The number of likely N-dealkylation sites (tertiary alicyclic amines) is 1. The van der Waals surface area contributed by atoms with E-state index in [9.17, 15) is 13.2 Å². The quantitative estimate of drug-likeness (QED) is 0.915. The van der Waals surface area contributed by atoms with Crippen molar-refractivity contribution in [3.8, 4) is 0 Å². The molecule has 1 saturated heterocycles. The predicted octanol–water partition coefficient (Wildman–Crippen LogP) is 2.91. The van der Waals surface area contributed by atoms with Crippen molar-refractivity contribution in [1.29, 1.82) is 0 Å². The number of nitrogens with zero attached hydrogens (tertiary/aromatic N) is 1. The molecule has 2 rings (SSSR count). The zero-order valence-corrected chi connectivity index (χ0v) is 10.7. The van der Waals surface area contributed by atoms with Crippen LogP contribution in [-0.2, 0) is 12.7 Å². The molecule has 1 aromatic carbocycles. The summed E-state index contributed by atoms with van der Waals surface area (Å²) in [7, 11) is 0. The molecular formula is C14H18F3NO. The molecule has 2 nitrogen and oxygen atoms in total. The van der Waals surface area contributed by atoms with Crippen LogP contribution in [-0.4, -0.2) is 29.7 Å².